The molecule has 10 heteroatoms. The number of thioether (sulfide) groups is 1. The first-order chi connectivity index (χ1) is 11.5. The number of thiophene rings is 1. The predicted octanol–water partition coefficient (Wildman–Crippen LogP) is 2.23. The SMILES string of the molecule is O=C(COC(=O)CSCc1ccc(Cl)s1)NNC(=O)c1ccco1. The molecule has 0 aliphatic rings. The van der Waals surface area contributed by atoms with Crippen LogP contribution in [0.4, 0.5) is 0 Å². The van der Waals surface area contributed by atoms with Crippen molar-refractivity contribution in [3.05, 3.63) is 45.5 Å². The molecule has 0 bridgehead atoms. The molecule has 0 spiro atoms. The third kappa shape index (κ3) is 6.26. The maximum atomic E-state index is 11.5. The van der Waals surface area contributed by atoms with E-state index >= 15 is 0 Å². The summed E-state index contributed by atoms with van der Waals surface area (Å²) < 4.78 is 10.3. The monoisotopic (exact) mass is 388 g/mol. The van der Waals surface area contributed by atoms with E-state index in [0.717, 1.165) is 4.88 Å². The molecular weight excluding hydrogens is 376 g/mol. The summed E-state index contributed by atoms with van der Waals surface area (Å²) in [5, 5.41) is 0. The van der Waals surface area contributed by atoms with Gasteiger partial charge in [0.15, 0.2) is 12.4 Å². The zero-order valence-electron chi connectivity index (χ0n) is 12.2. The number of carbonyl (C=O) groups is 3. The van der Waals surface area contributed by atoms with E-state index in [1.807, 2.05) is 6.07 Å². The highest BCUT2D eigenvalue weighted by Crippen LogP contribution is 2.25. The molecule has 0 unspecified atom stereocenters. The van der Waals surface area contributed by atoms with Gasteiger partial charge in [-0.05, 0) is 24.3 Å². The molecule has 2 heterocycles. The number of hydrazine groups is 1. The minimum Gasteiger partial charge on any atom is -0.459 e. The van der Waals surface area contributed by atoms with Gasteiger partial charge in [0.1, 0.15) is 0 Å². The molecule has 0 radical (unpaired) electrons. The van der Waals surface area contributed by atoms with Gasteiger partial charge in [0, 0.05) is 10.6 Å². The van der Waals surface area contributed by atoms with Gasteiger partial charge in [-0.25, -0.2) is 0 Å². The van der Waals surface area contributed by atoms with E-state index < -0.39 is 24.4 Å². The largest absolute Gasteiger partial charge is 0.459 e. The number of furan rings is 1. The maximum absolute atomic E-state index is 11.5. The highest BCUT2D eigenvalue weighted by molar-refractivity contribution is 7.99. The lowest BCUT2D eigenvalue weighted by atomic mass is 10.4. The maximum Gasteiger partial charge on any atom is 0.316 e. The molecule has 0 saturated carbocycles. The molecule has 2 amide bonds. The Morgan fingerprint density at radius 2 is 2.08 bits per heavy atom. The molecule has 0 saturated heterocycles. The fraction of sp³-hybridized carbons (Fsp3) is 0.214. The minimum absolute atomic E-state index is 0.0531. The van der Waals surface area contributed by atoms with E-state index in [1.165, 1.54) is 35.4 Å². The molecule has 0 aliphatic heterocycles. The second-order valence-corrected chi connectivity index (χ2v) is 7.12. The van der Waals surface area contributed by atoms with Gasteiger partial charge in [0.25, 0.3) is 5.91 Å². The third-order valence-electron chi connectivity index (χ3n) is 2.52. The Labute approximate surface area is 150 Å². The molecule has 0 aromatic carbocycles. The molecule has 2 aromatic rings. The molecule has 2 aromatic heterocycles. The van der Waals surface area contributed by atoms with Crippen molar-refractivity contribution in [1.82, 2.24) is 10.9 Å². The number of esters is 1. The van der Waals surface area contributed by atoms with Crippen LogP contribution in [-0.2, 0) is 20.1 Å². The summed E-state index contributed by atoms with van der Waals surface area (Å²) in [4.78, 5) is 35.5. The zero-order chi connectivity index (χ0) is 17.4. The smallest absolute Gasteiger partial charge is 0.316 e. The first-order valence-corrected chi connectivity index (χ1v) is 9.00. The highest BCUT2D eigenvalue weighted by atomic mass is 35.5. The van der Waals surface area contributed by atoms with Crippen LogP contribution in [0.3, 0.4) is 0 Å². The summed E-state index contributed by atoms with van der Waals surface area (Å²) >= 11 is 8.61. The molecular formula is C14H13ClN2O5S2. The minimum atomic E-state index is -0.654. The van der Waals surface area contributed by atoms with Gasteiger partial charge in [-0.2, -0.15) is 0 Å². The fourth-order valence-corrected chi connectivity index (χ4v) is 3.50. The van der Waals surface area contributed by atoms with Crippen LogP contribution in [0.5, 0.6) is 0 Å². The van der Waals surface area contributed by atoms with E-state index in [2.05, 4.69) is 10.9 Å². The number of nitrogens with one attached hydrogen (secondary N) is 2. The lowest BCUT2D eigenvalue weighted by Crippen LogP contribution is -2.43. The Morgan fingerprint density at radius 1 is 1.25 bits per heavy atom. The van der Waals surface area contributed by atoms with Crippen LogP contribution in [0.2, 0.25) is 4.34 Å². The van der Waals surface area contributed by atoms with Gasteiger partial charge in [-0.15, -0.1) is 23.1 Å². The highest BCUT2D eigenvalue weighted by Gasteiger charge is 2.11. The van der Waals surface area contributed by atoms with Crippen molar-refractivity contribution >= 4 is 52.5 Å². The molecule has 128 valence electrons. The molecule has 0 fully saturated rings. The van der Waals surface area contributed by atoms with Gasteiger partial charge < -0.3 is 9.15 Å². The normalized spacial score (nSPS) is 10.2. The number of carbonyl (C=O) groups excluding carboxylic acids is 3. The van der Waals surface area contributed by atoms with Gasteiger partial charge in [-0.1, -0.05) is 11.6 Å². The van der Waals surface area contributed by atoms with Crippen LogP contribution in [0.15, 0.2) is 34.9 Å². The summed E-state index contributed by atoms with van der Waals surface area (Å²) in [7, 11) is 0. The van der Waals surface area contributed by atoms with Gasteiger partial charge in [0.2, 0.25) is 0 Å². The topological polar surface area (TPSA) is 97.6 Å². The Hall–Kier alpha value is -1.97. The van der Waals surface area contributed by atoms with E-state index in [1.54, 1.807) is 12.1 Å². The van der Waals surface area contributed by atoms with Crippen LogP contribution < -0.4 is 10.9 Å². The van der Waals surface area contributed by atoms with Gasteiger partial charge in [-0.3, -0.25) is 25.2 Å². The Bertz CT molecular complexity index is 702. The molecule has 2 N–H and O–H groups in total. The number of rotatable bonds is 7. The number of halogens is 1. The Kier molecular flexibility index (Phi) is 7.16. The lowest BCUT2D eigenvalue weighted by molar-refractivity contribution is -0.146. The van der Waals surface area contributed by atoms with Crippen molar-refractivity contribution in [1.29, 1.82) is 0 Å². The van der Waals surface area contributed by atoms with Crippen molar-refractivity contribution in [2.24, 2.45) is 0 Å². The van der Waals surface area contributed by atoms with Crippen LogP contribution in [-0.4, -0.2) is 30.1 Å². The van der Waals surface area contributed by atoms with Crippen molar-refractivity contribution in [2.75, 3.05) is 12.4 Å². The average molecular weight is 389 g/mol. The van der Waals surface area contributed by atoms with E-state index in [0.29, 0.717) is 10.1 Å². The van der Waals surface area contributed by atoms with Crippen LogP contribution in [0.25, 0.3) is 0 Å². The average Bonchev–Trinajstić information content (AvgIpc) is 3.22. The zero-order valence-corrected chi connectivity index (χ0v) is 14.6. The van der Waals surface area contributed by atoms with E-state index in [-0.39, 0.29) is 11.5 Å². The number of ether oxygens (including phenoxy) is 1. The molecule has 7 nitrogen and oxygen atoms in total. The second-order valence-electron chi connectivity index (χ2n) is 4.34. The summed E-state index contributed by atoms with van der Waals surface area (Å²) in [6.07, 6.45) is 1.33. The van der Waals surface area contributed by atoms with Crippen LogP contribution >= 0.6 is 34.7 Å². The van der Waals surface area contributed by atoms with Crippen molar-refractivity contribution in [2.45, 2.75) is 5.75 Å². The number of amides is 2. The summed E-state index contributed by atoms with van der Waals surface area (Å²) in [6, 6.07) is 6.67. The molecule has 0 aliphatic carbocycles. The molecule has 0 atom stereocenters. The van der Waals surface area contributed by atoms with Crippen molar-refractivity contribution < 1.29 is 23.5 Å². The van der Waals surface area contributed by atoms with Gasteiger partial charge in [0.05, 0.1) is 16.4 Å². The number of hydrogen-bond acceptors (Lipinski definition) is 7. The Morgan fingerprint density at radius 3 is 2.75 bits per heavy atom. The molecule has 24 heavy (non-hydrogen) atoms. The second kappa shape index (κ2) is 9.36. The van der Waals surface area contributed by atoms with E-state index in [4.69, 9.17) is 20.8 Å². The van der Waals surface area contributed by atoms with Crippen LogP contribution in [0.1, 0.15) is 15.4 Å². The van der Waals surface area contributed by atoms with Crippen molar-refractivity contribution in [3.8, 4) is 0 Å². The third-order valence-corrected chi connectivity index (χ3v) is 4.89. The fourth-order valence-electron chi connectivity index (χ4n) is 1.48. The summed E-state index contributed by atoms with van der Waals surface area (Å²) in [5.41, 5.74) is 4.25. The first-order valence-electron chi connectivity index (χ1n) is 6.65. The first kappa shape index (κ1) is 18.4. The van der Waals surface area contributed by atoms with Crippen molar-refractivity contribution in [3.63, 3.8) is 0 Å². The summed E-state index contributed by atoms with van der Waals surface area (Å²) in [5.74, 6) is -0.977. The Balaban J connectivity index is 1.57. The lowest BCUT2D eigenvalue weighted by Gasteiger charge is -2.07. The predicted molar refractivity (Wildman–Crippen MR) is 90.8 cm³/mol. The quantitative estimate of drug-likeness (QED) is 0.557. The standard InChI is InChI=1S/C14H13ClN2O5S2/c15-11-4-3-9(24-11)7-23-8-13(19)22-6-12(18)16-17-14(20)10-2-1-5-21-10/h1-5H,6-8H2,(H,16,18)(H,17,20). The van der Waals surface area contributed by atoms with Crippen LogP contribution in [0, 0.1) is 0 Å². The van der Waals surface area contributed by atoms with Gasteiger partial charge >= 0.3 is 11.9 Å². The van der Waals surface area contributed by atoms with E-state index in [9.17, 15) is 14.4 Å². The summed E-state index contributed by atoms with van der Waals surface area (Å²) in [6.45, 7) is -0.483. The number of hydrogen-bond donors (Lipinski definition) is 2. The molecule has 2 rings (SSSR count).